The Morgan fingerprint density at radius 1 is 2.00 bits per heavy atom. The van der Waals surface area contributed by atoms with Gasteiger partial charge in [0.2, 0.25) is 9.04 Å². The Morgan fingerprint density at radius 3 is 2.43 bits per heavy atom. The van der Waals surface area contributed by atoms with E-state index >= 15 is 0 Å². The van der Waals surface area contributed by atoms with Gasteiger partial charge in [-0.2, -0.15) is 0 Å². The van der Waals surface area contributed by atoms with Gasteiger partial charge in [0.05, 0.1) is 0 Å². The van der Waals surface area contributed by atoms with Crippen molar-refractivity contribution in [1.29, 1.82) is 0 Å². The van der Waals surface area contributed by atoms with Crippen molar-refractivity contribution in [2.75, 3.05) is 6.54 Å². The molecular weight excluding hydrogens is 110 g/mol. The van der Waals surface area contributed by atoms with Crippen LogP contribution in [0, 0.1) is 0 Å². The molecule has 0 spiro atoms. The first-order valence-electron chi connectivity index (χ1n) is 2.09. The van der Waals surface area contributed by atoms with Crippen molar-refractivity contribution in [3.63, 3.8) is 0 Å². The number of carbonyl (C=O) groups is 1. The van der Waals surface area contributed by atoms with Crippen LogP contribution in [0.2, 0.25) is 6.55 Å². The molecule has 0 aromatic heterocycles. The van der Waals surface area contributed by atoms with Gasteiger partial charge in [-0.15, -0.1) is 0 Å². The highest BCUT2D eigenvalue weighted by Gasteiger charge is 2.06. The molecular formula is C3H9NO2Si. The van der Waals surface area contributed by atoms with Crippen LogP contribution in [0.4, 0.5) is 0 Å². The summed E-state index contributed by atoms with van der Waals surface area (Å²) in [5.74, 6) is 0. The quantitative estimate of drug-likeness (QED) is 0.430. The second-order valence-electron chi connectivity index (χ2n) is 1.35. The van der Waals surface area contributed by atoms with Crippen molar-refractivity contribution in [2.45, 2.75) is 6.55 Å². The monoisotopic (exact) mass is 119 g/mol. The molecule has 3 N–H and O–H groups in total. The van der Waals surface area contributed by atoms with Gasteiger partial charge in [0.25, 0.3) is 0 Å². The zero-order valence-electron chi connectivity index (χ0n) is 4.22. The van der Waals surface area contributed by atoms with E-state index in [4.69, 9.17) is 10.5 Å². The summed E-state index contributed by atoms with van der Waals surface area (Å²) in [6.45, 7) is 1.53. The topological polar surface area (TPSA) is 63.3 Å². The predicted octanol–water partition coefficient (Wildman–Crippen LogP) is -1.60. The first kappa shape index (κ1) is 6.81. The smallest absolute Gasteiger partial charge is 0.244 e. The zero-order valence-corrected chi connectivity index (χ0v) is 5.37. The number of rotatable bonds is 2. The molecule has 0 aliphatic rings. The molecule has 0 rings (SSSR count). The van der Waals surface area contributed by atoms with Gasteiger partial charge in [-0.3, -0.25) is 0 Å². The number of nitrogens with two attached hydrogens (primary N) is 1. The van der Waals surface area contributed by atoms with E-state index in [1.54, 1.807) is 0 Å². The molecule has 0 aromatic carbocycles. The third-order valence-electron chi connectivity index (χ3n) is 0.667. The molecule has 0 bridgehead atoms. The van der Waals surface area contributed by atoms with E-state index in [0.717, 1.165) is 0 Å². The molecule has 42 valence electrons. The molecule has 0 fully saturated rings. The fourth-order valence-electron chi connectivity index (χ4n) is 0.171. The molecule has 0 amide bonds. The maximum absolute atomic E-state index is 10.2. The van der Waals surface area contributed by atoms with Crippen LogP contribution >= 0.6 is 0 Å². The third-order valence-corrected chi connectivity index (χ3v) is 1.83. The van der Waals surface area contributed by atoms with Crippen LogP contribution in [0.25, 0.3) is 0 Å². The van der Waals surface area contributed by atoms with Crippen LogP contribution in [0.1, 0.15) is 0 Å². The van der Waals surface area contributed by atoms with E-state index in [-0.39, 0.29) is 12.0 Å². The van der Waals surface area contributed by atoms with Crippen LogP contribution < -0.4 is 5.73 Å². The molecule has 4 heteroatoms. The van der Waals surface area contributed by atoms with E-state index in [1.165, 1.54) is 6.55 Å². The standard InChI is InChI=1S/C3H9NO2Si/c1-7(6)3(5)2-4/h6-7H,2,4H2,1H3. The van der Waals surface area contributed by atoms with Crippen molar-refractivity contribution in [3.8, 4) is 0 Å². The largest absolute Gasteiger partial charge is 0.427 e. The van der Waals surface area contributed by atoms with Crippen LogP contribution in [0.15, 0.2) is 0 Å². The average molecular weight is 119 g/mol. The molecule has 0 saturated carbocycles. The predicted molar refractivity (Wildman–Crippen MR) is 29.3 cm³/mol. The van der Waals surface area contributed by atoms with Gasteiger partial charge in [-0.25, -0.2) is 0 Å². The maximum Gasteiger partial charge on any atom is 0.244 e. The summed E-state index contributed by atoms with van der Waals surface area (Å²) in [7, 11) is -2.03. The van der Waals surface area contributed by atoms with E-state index in [2.05, 4.69) is 0 Å². The van der Waals surface area contributed by atoms with E-state index < -0.39 is 9.04 Å². The lowest BCUT2D eigenvalue weighted by atomic mass is 10.8. The Balaban J connectivity index is 3.35. The summed E-state index contributed by atoms with van der Waals surface area (Å²) in [5, 5.41) is -0.181. The summed E-state index contributed by atoms with van der Waals surface area (Å²) in [5.41, 5.74) is 4.90. The molecule has 0 heterocycles. The Morgan fingerprint density at radius 2 is 2.43 bits per heavy atom. The van der Waals surface area contributed by atoms with E-state index in [1.807, 2.05) is 0 Å². The Kier molecular flexibility index (Phi) is 2.82. The van der Waals surface area contributed by atoms with Gasteiger partial charge in [-0.05, 0) is 6.55 Å². The minimum Gasteiger partial charge on any atom is -0.427 e. The van der Waals surface area contributed by atoms with Crippen LogP contribution in [-0.4, -0.2) is 25.8 Å². The van der Waals surface area contributed by atoms with Gasteiger partial charge < -0.3 is 15.3 Å². The minimum absolute atomic E-state index is 0.0100. The molecule has 7 heavy (non-hydrogen) atoms. The molecule has 1 atom stereocenters. The highest BCUT2D eigenvalue weighted by Crippen LogP contribution is 1.72. The van der Waals surface area contributed by atoms with Crippen molar-refractivity contribution in [2.24, 2.45) is 5.73 Å². The van der Waals surface area contributed by atoms with Gasteiger partial charge in [0.15, 0.2) is 5.41 Å². The van der Waals surface area contributed by atoms with E-state index in [9.17, 15) is 4.79 Å². The lowest BCUT2D eigenvalue weighted by Crippen LogP contribution is -2.28. The Hall–Kier alpha value is -0.193. The second kappa shape index (κ2) is 2.90. The molecule has 0 radical (unpaired) electrons. The minimum atomic E-state index is -2.03. The highest BCUT2D eigenvalue weighted by molar-refractivity contribution is 6.83. The second-order valence-corrected chi connectivity index (χ2v) is 3.34. The molecule has 0 aromatic rings. The highest BCUT2D eigenvalue weighted by atomic mass is 28.3. The van der Waals surface area contributed by atoms with Crippen molar-refractivity contribution >= 4 is 14.4 Å². The van der Waals surface area contributed by atoms with Gasteiger partial charge in [-0.1, -0.05) is 0 Å². The molecule has 1 unspecified atom stereocenters. The maximum atomic E-state index is 10.2. The van der Waals surface area contributed by atoms with Crippen molar-refractivity contribution < 1.29 is 9.59 Å². The summed E-state index contributed by atoms with van der Waals surface area (Å²) in [4.78, 5) is 18.7. The molecule has 0 saturated heterocycles. The SMILES string of the molecule is C[SiH](O)C(=O)CN. The Labute approximate surface area is 43.9 Å². The first-order chi connectivity index (χ1) is 3.18. The average Bonchev–Trinajstić information content (AvgIpc) is 1.65. The third kappa shape index (κ3) is 2.50. The molecule has 0 aliphatic heterocycles. The fourth-order valence-corrected chi connectivity index (χ4v) is 0.512. The van der Waals surface area contributed by atoms with Gasteiger partial charge >= 0.3 is 0 Å². The lowest BCUT2D eigenvalue weighted by Gasteiger charge is -1.92. The van der Waals surface area contributed by atoms with Crippen molar-refractivity contribution in [3.05, 3.63) is 0 Å². The number of hydrogen-bond donors (Lipinski definition) is 2. The van der Waals surface area contributed by atoms with Gasteiger partial charge in [0.1, 0.15) is 0 Å². The number of carbonyl (C=O) groups excluding carboxylic acids is 1. The normalized spacial score (nSPS) is 13.6. The van der Waals surface area contributed by atoms with Crippen molar-refractivity contribution in [1.82, 2.24) is 0 Å². The number of hydrogen-bond acceptors (Lipinski definition) is 3. The van der Waals surface area contributed by atoms with Crippen LogP contribution in [0.3, 0.4) is 0 Å². The summed E-state index contributed by atoms with van der Waals surface area (Å²) < 4.78 is 0. The van der Waals surface area contributed by atoms with E-state index in [0.29, 0.717) is 0 Å². The first-order valence-corrected chi connectivity index (χ1v) is 4.34. The summed E-state index contributed by atoms with van der Waals surface area (Å²) >= 11 is 0. The van der Waals surface area contributed by atoms with Gasteiger partial charge in [0, 0.05) is 6.54 Å². The summed E-state index contributed by atoms with van der Waals surface area (Å²) in [6, 6.07) is 0. The zero-order chi connectivity index (χ0) is 5.86. The molecule has 0 aliphatic carbocycles. The van der Waals surface area contributed by atoms with Crippen LogP contribution in [-0.2, 0) is 4.79 Å². The lowest BCUT2D eigenvalue weighted by molar-refractivity contribution is -0.111. The summed E-state index contributed by atoms with van der Waals surface area (Å²) in [6.07, 6.45) is 0. The fraction of sp³-hybridized carbons (Fsp3) is 0.667. The molecule has 3 nitrogen and oxygen atoms in total. The van der Waals surface area contributed by atoms with Crippen LogP contribution in [0.5, 0.6) is 0 Å². The Bertz CT molecular complexity index is 73.3.